The highest BCUT2D eigenvalue weighted by molar-refractivity contribution is 4.76. The predicted molar refractivity (Wildman–Crippen MR) is 59.2 cm³/mol. The van der Waals surface area contributed by atoms with Crippen molar-refractivity contribution in [2.24, 2.45) is 11.8 Å². The molecule has 1 nitrogen and oxygen atoms in total. The Balaban J connectivity index is 1.77. The largest absolute Gasteiger partial charge is 0.393 e. The van der Waals surface area contributed by atoms with Gasteiger partial charge in [0.05, 0.1) is 6.10 Å². The normalized spacial score (nSPS) is 35.8. The van der Waals surface area contributed by atoms with E-state index in [1.165, 1.54) is 51.4 Å². The topological polar surface area (TPSA) is 20.2 Å². The van der Waals surface area contributed by atoms with Gasteiger partial charge in [0, 0.05) is 0 Å². The quantitative estimate of drug-likeness (QED) is 0.670. The lowest BCUT2D eigenvalue weighted by Gasteiger charge is -2.20. The van der Waals surface area contributed by atoms with Crippen molar-refractivity contribution in [1.29, 1.82) is 0 Å². The molecule has 0 radical (unpaired) electrons. The van der Waals surface area contributed by atoms with Crippen molar-refractivity contribution in [2.75, 3.05) is 0 Å². The van der Waals surface area contributed by atoms with Gasteiger partial charge in [0.2, 0.25) is 0 Å². The number of rotatable bonds is 2. The summed E-state index contributed by atoms with van der Waals surface area (Å²) >= 11 is 0. The molecule has 0 aromatic carbocycles. The molecule has 2 rings (SSSR count). The van der Waals surface area contributed by atoms with Crippen LogP contribution in [0.1, 0.15) is 64.2 Å². The first kappa shape index (κ1) is 10.5. The summed E-state index contributed by atoms with van der Waals surface area (Å²) in [5.74, 6) is 1.85. The molecule has 82 valence electrons. The van der Waals surface area contributed by atoms with Crippen LogP contribution in [0.2, 0.25) is 0 Å². The Hall–Kier alpha value is -0.0400. The van der Waals surface area contributed by atoms with Gasteiger partial charge in [-0.3, -0.25) is 0 Å². The summed E-state index contributed by atoms with van der Waals surface area (Å²) in [6.45, 7) is 0. The zero-order valence-corrected chi connectivity index (χ0v) is 9.25. The number of hydrogen-bond donors (Lipinski definition) is 1. The Morgan fingerprint density at radius 3 is 2.07 bits per heavy atom. The fraction of sp³-hybridized carbons (Fsp3) is 1.00. The third-order valence-corrected chi connectivity index (χ3v) is 4.15. The number of aliphatic hydroxyl groups is 1. The van der Waals surface area contributed by atoms with E-state index in [0.717, 1.165) is 24.7 Å². The minimum atomic E-state index is 0.0175. The molecule has 0 spiro atoms. The summed E-state index contributed by atoms with van der Waals surface area (Å²) in [5, 5.41) is 9.73. The van der Waals surface area contributed by atoms with E-state index >= 15 is 0 Å². The van der Waals surface area contributed by atoms with E-state index in [-0.39, 0.29) is 6.10 Å². The highest BCUT2D eigenvalue weighted by atomic mass is 16.3. The van der Waals surface area contributed by atoms with Gasteiger partial charge in [0.15, 0.2) is 0 Å². The first-order valence-corrected chi connectivity index (χ1v) is 6.52. The summed E-state index contributed by atoms with van der Waals surface area (Å²) in [6.07, 6.45) is 13.4. The van der Waals surface area contributed by atoms with Crippen molar-refractivity contribution in [3.63, 3.8) is 0 Å². The monoisotopic (exact) mass is 196 g/mol. The van der Waals surface area contributed by atoms with Crippen LogP contribution in [0.3, 0.4) is 0 Å². The van der Waals surface area contributed by atoms with E-state index in [0.29, 0.717) is 0 Å². The summed E-state index contributed by atoms with van der Waals surface area (Å²) < 4.78 is 0. The molecule has 2 fully saturated rings. The van der Waals surface area contributed by atoms with Gasteiger partial charge in [-0.15, -0.1) is 0 Å². The maximum absolute atomic E-state index is 9.73. The summed E-state index contributed by atoms with van der Waals surface area (Å²) in [6, 6.07) is 0. The molecule has 0 amide bonds. The highest BCUT2D eigenvalue weighted by Crippen LogP contribution is 2.35. The molecule has 2 aliphatic carbocycles. The molecule has 14 heavy (non-hydrogen) atoms. The summed E-state index contributed by atoms with van der Waals surface area (Å²) in [7, 11) is 0. The van der Waals surface area contributed by atoms with E-state index < -0.39 is 0 Å². The molecule has 2 saturated carbocycles. The van der Waals surface area contributed by atoms with E-state index in [2.05, 4.69) is 0 Å². The Kier molecular flexibility index (Phi) is 3.86. The third kappa shape index (κ3) is 2.98. The Morgan fingerprint density at radius 1 is 0.786 bits per heavy atom. The second-order valence-electron chi connectivity index (χ2n) is 5.43. The Bertz CT molecular complexity index is 161. The average Bonchev–Trinajstić information content (AvgIpc) is 2.56. The molecule has 1 N–H and O–H groups in total. The van der Waals surface area contributed by atoms with Crippen LogP contribution in [0.15, 0.2) is 0 Å². The molecule has 2 unspecified atom stereocenters. The lowest BCUT2D eigenvalue weighted by molar-refractivity contribution is 0.135. The SMILES string of the molecule is OC1CCCCC(CC2CCCC2)C1. The molecule has 1 heteroatoms. The van der Waals surface area contributed by atoms with E-state index in [1.54, 1.807) is 0 Å². The van der Waals surface area contributed by atoms with Crippen molar-refractivity contribution in [3.05, 3.63) is 0 Å². The van der Waals surface area contributed by atoms with Crippen molar-refractivity contribution in [3.8, 4) is 0 Å². The molecular formula is C13H24O. The molecule has 0 aromatic rings. The van der Waals surface area contributed by atoms with E-state index in [4.69, 9.17) is 0 Å². The average molecular weight is 196 g/mol. The van der Waals surface area contributed by atoms with Gasteiger partial charge >= 0.3 is 0 Å². The molecular weight excluding hydrogens is 172 g/mol. The Labute approximate surface area is 87.9 Å². The van der Waals surface area contributed by atoms with E-state index in [1.807, 2.05) is 0 Å². The number of aliphatic hydroxyl groups excluding tert-OH is 1. The van der Waals surface area contributed by atoms with Gasteiger partial charge in [0.1, 0.15) is 0 Å². The van der Waals surface area contributed by atoms with Crippen LogP contribution in [-0.2, 0) is 0 Å². The van der Waals surface area contributed by atoms with Crippen LogP contribution < -0.4 is 0 Å². The van der Waals surface area contributed by atoms with Gasteiger partial charge in [0.25, 0.3) is 0 Å². The fourth-order valence-corrected chi connectivity index (χ4v) is 3.36. The van der Waals surface area contributed by atoms with E-state index in [9.17, 15) is 5.11 Å². The minimum absolute atomic E-state index is 0.0175. The maximum atomic E-state index is 9.73. The van der Waals surface area contributed by atoms with Crippen molar-refractivity contribution < 1.29 is 5.11 Å². The molecule has 2 atom stereocenters. The molecule has 2 aliphatic rings. The minimum Gasteiger partial charge on any atom is -0.393 e. The van der Waals surface area contributed by atoms with Crippen molar-refractivity contribution >= 4 is 0 Å². The fourth-order valence-electron chi connectivity index (χ4n) is 3.36. The van der Waals surface area contributed by atoms with Gasteiger partial charge in [-0.05, 0) is 31.1 Å². The van der Waals surface area contributed by atoms with Crippen LogP contribution in [0.4, 0.5) is 0 Å². The van der Waals surface area contributed by atoms with Crippen LogP contribution in [0, 0.1) is 11.8 Å². The first-order chi connectivity index (χ1) is 6.84. The summed E-state index contributed by atoms with van der Waals surface area (Å²) in [4.78, 5) is 0. The first-order valence-electron chi connectivity index (χ1n) is 6.52. The van der Waals surface area contributed by atoms with Gasteiger partial charge in [-0.25, -0.2) is 0 Å². The van der Waals surface area contributed by atoms with Crippen LogP contribution in [0.25, 0.3) is 0 Å². The van der Waals surface area contributed by atoms with Gasteiger partial charge in [-0.1, -0.05) is 44.9 Å². The zero-order valence-electron chi connectivity index (χ0n) is 9.25. The molecule has 0 aliphatic heterocycles. The third-order valence-electron chi connectivity index (χ3n) is 4.15. The standard InChI is InChI=1S/C13H24O/c14-13-8-4-3-7-12(10-13)9-11-5-1-2-6-11/h11-14H,1-10H2. The van der Waals surface area contributed by atoms with Crippen LogP contribution >= 0.6 is 0 Å². The van der Waals surface area contributed by atoms with Gasteiger partial charge < -0.3 is 5.11 Å². The lowest BCUT2D eigenvalue weighted by Crippen LogP contribution is -2.13. The second-order valence-corrected chi connectivity index (χ2v) is 5.43. The molecule has 0 bridgehead atoms. The number of hydrogen-bond acceptors (Lipinski definition) is 1. The smallest absolute Gasteiger partial charge is 0.0542 e. The lowest BCUT2D eigenvalue weighted by atomic mass is 9.88. The predicted octanol–water partition coefficient (Wildman–Crippen LogP) is 3.51. The van der Waals surface area contributed by atoms with Gasteiger partial charge in [-0.2, -0.15) is 0 Å². The molecule has 0 saturated heterocycles. The van der Waals surface area contributed by atoms with Crippen LogP contribution in [-0.4, -0.2) is 11.2 Å². The maximum Gasteiger partial charge on any atom is 0.0542 e. The van der Waals surface area contributed by atoms with Crippen molar-refractivity contribution in [2.45, 2.75) is 70.3 Å². The molecule has 0 aromatic heterocycles. The van der Waals surface area contributed by atoms with Crippen LogP contribution in [0.5, 0.6) is 0 Å². The zero-order chi connectivity index (χ0) is 9.80. The Morgan fingerprint density at radius 2 is 1.36 bits per heavy atom. The molecule has 0 heterocycles. The summed E-state index contributed by atoms with van der Waals surface area (Å²) in [5.41, 5.74) is 0. The second kappa shape index (κ2) is 5.16. The highest BCUT2D eigenvalue weighted by Gasteiger charge is 2.23. The van der Waals surface area contributed by atoms with Crippen molar-refractivity contribution in [1.82, 2.24) is 0 Å².